The van der Waals surface area contributed by atoms with Crippen LogP contribution in [0.5, 0.6) is 0 Å². The normalized spacial score (nSPS) is 33.1. The molecule has 2 aliphatic heterocycles. The molecular formula is C12H21NO2. The first kappa shape index (κ1) is 11.1. The van der Waals surface area contributed by atoms with Crippen LogP contribution in [-0.2, 0) is 9.53 Å². The number of hydrogen-bond donors (Lipinski definition) is 0. The molecule has 3 nitrogen and oxygen atoms in total. The van der Waals surface area contributed by atoms with E-state index < -0.39 is 0 Å². The van der Waals surface area contributed by atoms with Crippen LogP contribution in [0, 0.1) is 0 Å². The number of ketones is 1. The number of nitrogens with zero attached hydrogens (tertiary/aromatic N) is 1. The summed E-state index contributed by atoms with van der Waals surface area (Å²) in [5.74, 6) is 0.323. The highest BCUT2D eigenvalue weighted by molar-refractivity contribution is 5.76. The SMILES string of the molecule is CC(=O)CC1CCCN1C1CCCOC1. The number of ether oxygens (including phenoxy) is 1. The zero-order valence-corrected chi connectivity index (χ0v) is 9.58. The van der Waals surface area contributed by atoms with E-state index in [-0.39, 0.29) is 0 Å². The van der Waals surface area contributed by atoms with Crippen LogP contribution in [0.25, 0.3) is 0 Å². The van der Waals surface area contributed by atoms with E-state index in [2.05, 4.69) is 4.90 Å². The topological polar surface area (TPSA) is 29.5 Å². The lowest BCUT2D eigenvalue weighted by molar-refractivity contribution is -0.118. The van der Waals surface area contributed by atoms with Crippen molar-refractivity contribution < 1.29 is 9.53 Å². The molecule has 0 aromatic rings. The third-order valence-corrected chi connectivity index (χ3v) is 3.55. The van der Waals surface area contributed by atoms with Gasteiger partial charge in [0.1, 0.15) is 5.78 Å². The Hall–Kier alpha value is -0.410. The highest BCUT2D eigenvalue weighted by Gasteiger charge is 2.32. The average molecular weight is 211 g/mol. The average Bonchev–Trinajstić information content (AvgIpc) is 2.66. The lowest BCUT2D eigenvalue weighted by Crippen LogP contribution is -2.44. The van der Waals surface area contributed by atoms with Crippen LogP contribution in [0.3, 0.4) is 0 Å². The largest absolute Gasteiger partial charge is 0.380 e. The minimum Gasteiger partial charge on any atom is -0.380 e. The summed E-state index contributed by atoms with van der Waals surface area (Å²) < 4.78 is 5.52. The van der Waals surface area contributed by atoms with Crippen molar-refractivity contribution >= 4 is 5.78 Å². The highest BCUT2D eigenvalue weighted by Crippen LogP contribution is 2.26. The predicted octanol–water partition coefficient (Wildman–Crippen LogP) is 1.61. The molecular weight excluding hydrogens is 190 g/mol. The molecule has 2 saturated heterocycles. The molecule has 0 saturated carbocycles. The first-order valence-electron chi connectivity index (χ1n) is 6.10. The molecule has 86 valence electrons. The minimum atomic E-state index is 0.323. The van der Waals surface area contributed by atoms with Gasteiger partial charge in [0, 0.05) is 25.1 Å². The molecule has 2 aliphatic rings. The van der Waals surface area contributed by atoms with Crippen LogP contribution < -0.4 is 0 Å². The Morgan fingerprint density at radius 2 is 2.27 bits per heavy atom. The molecule has 0 aromatic heterocycles. The first-order chi connectivity index (χ1) is 7.27. The van der Waals surface area contributed by atoms with Crippen LogP contribution in [0.2, 0.25) is 0 Å². The second-order valence-corrected chi connectivity index (χ2v) is 4.81. The third-order valence-electron chi connectivity index (χ3n) is 3.55. The van der Waals surface area contributed by atoms with Crippen molar-refractivity contribution in [1.82, 2.24) is 4.90 Å². The number of likely N-dealkylation sites (tertiary alicyclic amines) is 1. The summed E-state index contributed by atoms with van der Waals surface area (Å²) in [5, 5.41) is 0. The second kappa shape index (κ2) is 5.08. The summed E-state index contributed by atoms with van der Waals surface area (Å²) in [7, 11) is 0. The Balaban J connectivity index is 1.91. The van der Waals surface area contributed by atoms with Crippen LogP contribution >= 0.6 is 0 Å². The van der Waals surface area contributed by atoms with Gasteiger partial charge in [-0.15, -0.1) is 0 Å². The molecule has 0 amide bonds. The molecule has 2 atom stereocenters. The van der Waals surface area contributed by atoms with Gasteiger partial charge in [-0.05, 0) is 39.2 Å². The lowest BCUT2D eigenvalue weighted by atomic mass is 10.0. The number of rotatable bonds is 3. The zero-order chi connectivity index (χ0) is 10.7. The fourth-order valence-corrected chi connectivity index (χ4v) is 2.88. The Morgan fingerprint density at radius 1 is 1.40 bits per heavy atom. The molecule has 2 rings (SSSR count). The summed E-state index contributed by atoms with van der Waals surface area (Å²) in [6.45, 7) is 4.65. The molecule has 0 aliphatic carbocycles. The number of carbonyl (C=O) groups is 1. The minimum absolute atomic E-state index is 0.323. The van der Waals surface area contributed by atoms with Crippen molar-refractivity contribution in [3.8, 4) is 0 Å². The first-order valence-corrected chi connectivity index (χ1v) is 6.10. The maximum absolute atomic E-state index is 11.2. The summed E-state index contributed by atoms with van der Waals surface area (Å²) in [5.41, 5.74) is 0. The van der Waals surface area contributed by atoms with Crippen molar-refractivity contribution in [2.24, 2.45) is 0 Å². The van der Waals surface area contributed by atoms with E-state index in [9.17, 15) is 4.79 Å². The molecule has 3 heteroatoms. The molecule has 0 bridgehead atoms. The van der Waals surface area contributed by atoms with E-state index in [1.165, 1.54) is 25.7 Å². The van der Waals surface area contributed by atoms with Crippen molar-refractivity contribution in [2.45, 2.75) is 51.1 Å². The standard InChI is InChI=1S/C12H21NO2/c1-10(14)8-11-4-2-6-13(11)12-5-3-7-15-9-12/h11-12H,2-9H2,1H3. The van der Waals surface area contributed by atoms with Gasteiger partial charge < -0.3 is 4.74 Å². The van der Waals surface area contributed by atoms with Crippen molar-refractivity contribution in [1.29, 1.82) is 0 Å². The highest BCUT2D eigenvalue weighted by atomic mass is 16.5. The van der Waals surface area contributed by atoms with Crippen molar-refractivity contribution in [3.05, 3.63) is 0 Å². The Bertz CT molecular complexity index is 224. The fraction of sp³-hybridized carbons (Fsp3) is 0.917. The monoisotopic (exact) mass is 211 g/mol. The molecule has 0 N–H and O–H groups in total. The Labute approximate surface area is 91.8 Å². The van der Waals surface area contributed by atoms with Gasteiger partial charge in [0.25, 0.3) is 0 Å². The van der Waals surface area contributed by atoms with Crippen molar-refractivity contribution in [3.63, 3.8) is 0 Å². The lowest BCUT2D eigenvalue weighted by Gasteiger charge is -2.35. The maximum atomic E-state index is 11.2. The van der Waals surface area contributed by atoms with Gasteiger partial charge in [-0.2, -0.15) is 0 Å². The van der Waals surface area contributed by atoms with Crippen LogP contribution in [0.1, 0.15) is 39.0 Å². The van der Waals surface area contributed by atoms with Gasteiger partial charge in [-0.3, -0.25) is 9.69 Å². The van der Waals surface area contributed by atoms with Crippen LogP contribution in [0.15, 0.2) is 0 Å². The van der Waals surface area contributed by atoms with E-state index >= 15 is 0 Å². The summed E-state index contributed by atoms with van der Waals surface area (Å²) in [6.07, 6.45) is 5.59. The van der Waals surface area contributed by atoms with Crippen LogP contribution in [-0.4, -0.2) is 42.5 Å². The number of hydrogen-bond acceptors (Lipinski definition) is 3. The van der Waals surface area contributed by atoms with E-state index in [4.69, 9.17) is 4.74 Å². The van der Waals surface area contributed by atoms with Crippen molar-refractivity contribution in [2.75, 3.05) is 19.8 Å². The van der Waals surface area contributed by atoms with E-state index in [1.54, 1.807) is 6.92 Å². The van der Waals surface area contributed by atoms with Gasteiger partial charge in [-0.1, -0.05) is 0 Å². The number of carbonyl (C=O) groups excluding carboxylic acids is 1. The fourth-order valence-electron chi connectivity index (χ4n) is 2.88. The maximum Gasteiger partial charge on any atom is 0.131 e. The van der Waals surface area contributed by atoms with Gasteiger partial charge in [0.2, 0.25) is 0 Å². The molecule has 0 aromatic carbocycles. The van der Waals surface area contributed by atoms with Crippen LogP contribution in [0.4, 0.5) is 0 Å². The third kappa shape index (κ3) is 2.79. The van der Waals surface area contributed by atoms with E-state index in [0.717, 1.165) is 26.2 Å². The van der Waals surface area contributed by atoms with Gasteiger partial charge >= 0.3 is 0 Å². The van der Waals surface area contributed by atoms with Gasteiger partial charge in [0.05, 0.1) is 6.61 Å². The second-order valence-electron chi connectivity index (χ2n) is 4.81. The zero-order valence-electron chi connectivity index (χ0n) is 9.58. The van der Waals surface area contributed by atoms with E-state index in [0.29, 0.717) is 17.9 Å². The van der Waals surface area contributed by atoms with E-state index in [1.807, 2.05) is 0 Å². The quantitative estimate of drug-likeness (QED) is 0.710. The molecule has 2 heterocycles. The number of Topliss-reactive ketones (excluding diaryl/α,β-unsaturated/α-hetero) is 1. The predicted molar refractivity (Wildman–Crippen MR) is 58.9 cm³/mol. The smallest absolute Gasteiger partial charge is 0.131 e. The van der Waals surface area contributed by atoms with Gasteiger partial charge in [-0.25, -0.2) is 0 Å². The molecule has 0 spiro atoms. The molecule has 15 heavy (non-hydrogen) atoms. The Morgan fingerprint density at radius 3 is 2.93 bits per heavy atom. The molecule has 2 unspecified atom stereocenters. The summed E-state index contributed by atoms with van der Waals surface area (Å²) >= 11 is 0. The van der Waals surface area contributed by atoms with Gasteiger partial charge in [0.15, 0.2) is 0 Å². The molecule has 2 fully saturated rings. The molecule has 0 radical (unpaired) electrons. The summed E-state index contributed by atoms with van der Waals surface area (Å²) in [4.78, 5) is 13.7. The Kier molecular flexibility index (Phi) is 3.76. The summed E-state index contributed by atoms with van der Waals surface area (Å²) in [6, 6.07) is 1.07.